The second kappa shape index (κ2) is 7.47. The third-order valence-corrected chi connectivity index (χ3v) is 4.55. The molecule has 2 heterocycles. The van der Waals surface area contributed by atoms with E-state index >= 15 is 0 Å². The van der Waals surface area contributed by atoms with E-state index in [4.69, 9.17) is 4.74 Å². The molecule has 1 aromatic heterocycles. The lowest BCUT2D eigenvalue weighted by Gasteiger charge is -2.31. The molecule has 24 heavy (non-hydrogen) atoms. The number of likely N-dealkylation sites (tertiary alicyclic amines) is 1. The first-order valence-electron chi connectivity index (χ1n) is 8.50. The first kappa shape index (κ1) is 16.5. The van der Waals surface area contributed by atoms with Crippen molar-refractivity contribution in [1.29, 1.82) is 0 Å². The fourth-order valence-electron chi connectivity index (χ4n) is 3.21. The van der Waals surface area contributed by atoms with Gasteiger partial charge in [-0.15, -0.1) is 10.2 Å². The first-order valence-corrected chi connectivity index (χ1v) is 8.50. The third-order valence-electron chi connectivity index (χ3n) is 4.55. The molecule has 1 aromatic carbocycles. The Hall–Kier alpha value is -2.37. The van der Waals surface area contributed by atoms with Crippen molar-refractivity contribution in [2.45, 2.75) is 32.1 Å². The van der Waals surface area contributed by atoms with Gasteiger partial charge in [-0.05, 0) is 37.5 Å². The fourth-order valence-corrected chi connectivity index (χ4v) is 3.21. The van der Waals surface area contributed by atoms with Crippen LogP contribution in [0.15, 0.2) is 30.6 Å². The van der Waals surface area contributed by atoms with Crippen molar-refractivity contribution in [3.63, 3.8) is 0 Å². The summed E-state index contributed by atoms with van der Waals surface area (Å²) in [6.45, 7) is 4.18. The number of carbonyl (C=O) groups is 1. The Labute approximate surface area is 142 Å². The molecular weight excluding hydrogens is 304 g/mol. The number of aryl methyl sites for hydroxylation is 1. The van der Waals surface area contributed by atoms with Gasteiger partial charge in [0.05, 0.1) is 13.0 Å². The topological polar surface area (TPSA) is 60.2 Å². The molecule has 128 valence electrons. The Morgan fingerprint density at radius 3 is 2.54 bits per heavy atom. The standard InChI is InChI=1S/C18H24N4O2/c1-3-24-16-6-4-14(5-7-16)12-17(23)22-10-8-15(9-11-22)18-20-19-13-21(18)2/h4-7,13,15H,3,8-12H2,1-2H3. The smallest absolute Gasteiger partial charge is 0.226 e. The molecule has 0 aliphatic carbocycles. The summed E-state index contributed by atoms with van der Waals surface area (Å²) in [7, 11) is 1.97. The van der Waals surface area contributed by atoms with E-state index in [1.165, 1.54) is 0 Å². The molecular formula is C18H24N4O2. The van der Waals surface area contributed by atoms with Crippen LogP contribution in [0.1, 0.15) is 37.1 Å². The van der Waals surface area contributed by atoms with Gasteiger partial charge in [0.1, 0.15) is 17.9 Å². The Bertz CT molecular complexity index is 673. The van der Waals surface area contributed by atoms with Crippen LogP contribution in [0.4, 0.5) is 0 Å². The molecule has 3 rings (SSSR count). The maximum Gasteiger partial charge on any atom is 0.226 e. The number of carbonyl (C=O) groups excluding carboxylic acids is 1. The lowest BCUT2D eigenvalue weighted by molar-refractivity contribution is -0.131. The van der Waals surface area contributed by atoms with Gasteiger partial charge in [0.25, 0.3) is 0 Å². The number of hydrogen-bond donors (Lipinski definition) is 0. The molecule has 1 saturated heterocycles. The van der Waals surface area contributed by atoms with Crippen molar-refractivity contribution in [2.24, 2.45) is 7.05 Å². The van der Waals surface area contributed by atoms with Crippen LogP contribution in [0.25, 0.3) is 0 Å². The van der Waals surface area contributed by atoms with Crippen LogP contribution in [0.2, 0.25) is 0 Å². The van der Waals surface area contributed by atoms with Crippen LogP contribution in [-0.4, -0.2) is 45.3 Å². The average molecular weight is 328 g/mol. The minimum atomic E-state index is 0.190. The van der Waals surface area contributed by atoms with Crippen LogP contribution in [0, 0.1) is 0 Å². The fraction of sp³-hybridized carbons (Fsp3) is 0.500. The van der Waals surface area contributed by atoms with Gasteiger partial charge < -0.3 is 14.2 Å². The predicted octanol–water partition coefficient (Wildman–Crippen LogP) is 2.16. The highest BCUT2D eigenvalue weighted by molar-refractivity contribution is 5.78. The normalized spacial score (nSPS) is 15.5. The number of rotatable bonds is 5. The van der Waals surface area contributed by atoms with Crippen molar-refractivity contribution >= 4 is 5.91 Å². The molecule has 0 N–H and O–H groups in total. The second-order valence-electron chi connectivity index (χ2n) is 6.21. The molecule has 1 aliphatic heterocycles. The molecule has 0 spiro atoms. The molecule has 2 aromatic rings. The molecule has 6 heteroatoms. The van der Waals surface area contributed by atoms with Gasteiger partial charge in [0.15, 0.2) is 0 Å². The molecule has 0 saturated carbocycles. The Kier molecular flexibility index (Phi) is 5.13. The third kappa shape index (κ3) is 3.75. The molecule has 1 aliphatic rings. The highest BCUT2D eigenvalue weighted by atomic mass is 16.5. The minimum Gasteiger partial charge on any atom is -0.494 e. The van der Waals surface area contributed by atoms with Crippen molar-refractivity contribution in [1.82, 2.24) is 19.7 Å². The van der Waals surface area contributed by atoms with E-state index in [0.717, 1.165) is 43.1 Å². The quantitative estimate of drug-likeness (QED) is 0.844. The zero-order valence-corrected chi connectivity index (χ0v) is 14.3. The maximum absolute atomic E-state index is 12.5. The second-order valence-corrected chi connectivity index (χ2v) is 6.21. The largest absolute Gasteiger partial charge is 0.494 e. The summed E-state index contributed by atoms with van der Waals surface area (Å²) in [5.41, 5.74) is 1.03. The van der Waals surface area contributed by atoms with E-state index in [-0.39, 0.29) is 5.91 Å². The van der Waals surface area contributed by atoms with E-state index in [1.807, 2.05) is 47.7 Å². The van der Waals surface area contributed by atoms with Gasteiger partial charge in [-0.3, -0.25) is 4.79 Å². The zero-order chi connectivity index (χ0) is 16.9. The van der Waals surface area contributed by atoms with Gasteiger partial charge in [-0.2, -0.15) is 0 Å². The van der Waals surface area contributed by atoms with Crippen molar-refractivity contribution in [3.8, 4) is 5.75 Å². The summed E-state index contributed by atoms with van der Waals surface area (Å²) >= 11 is 0. The summed E-state index contributed by atoms with van der Waals surface area (Å²) in [6.07, 6.45) is 4.07. The molecule has 1 amide bonds. The van der Waals surface area contributed by atoms with Crippen LogP contribution in [0.5, 0.6) is 5.75 Å². The highest BCUT2D eigenvalue weighted by Gasteiger charge is 2.26. The summed E-state index contributed by atoms with van der Waals surface area (Å²) in [4.78, 5) is 14.5. The number of hydrogen-bond acceptors (Lipinski definition) is 4. The van der Waals surface area contributed by atoms with Gasteiger partial charge in [0.2, 0.25) is 5.91 Å². The predicted molar refractivity (Wildman–Crippen MR) is 90.9 cm³/mol. The van der Waals surface area contributed by atoms with Crippen LogP contribution >= 0.6 is 0 Å². The molecule has 0 unspecified atom stereocenters. The monoisotopic (exact) mass is 328 g/mol. The molecule has 6 nitrogen and oxygen atoms in total. The number of piperidine rings is 1. The van der Waals surface area contributed by atoms with Crippen molar-refractivity contribution in [3.05, 3.63) is 42.0 Å². The van der Waals surface area contributed by atoms with Crippen molar-refractivity contribution < 1.29 is 9.53 Å². The number of amides is 1. The average Bonchev–Trinajstić information content (AvgIpc) is 3.03. The van der Waals surface area contributed by atoms with E-state index in [0.29, 0.717) is 18.9 Å². The van der Waals surface area contributed by atoms with Crippen LogP contribution in [0.3, 0.4) is 0 Å². The molecule has 0 atom stereocenters. The maximum atomic E-state index is 12.5. The van der Waals surface area contributed by atoms with E-state index in [2.05, 4.69) is 10.2 Å². The zero-order valence-electron chi connectivity index (χ0n) is 14.3. The first-order chi connectivity index (χ1) is 11.7. The highest BCUT2D eigenvalue weighted by Crippen LogP contribution is 2.26. The van der Waals surface area contributed by atoms with Gasteiger partial charge >= 0.3 is 0 Å². The lowest BCUT2D eigenvalue weighted by atomic mass is 9.95. The Morgan fingerprint density at radius 2 is 1.96 bits per heavy atom. The molecule has 0 radical (unpaired) electrons. The van der Waals surface area contributed by atoms with Gasteiger partial charge in [0, 0.05) is 26.1 Å². The SMILES string of the molecule is CCOc1ccc(CC(=O)N2CCC(c3nncn3C)CC2)cc1. The van der Waals surface area contributed by atoms with E-state index in [9.17, 15) is 4.79 Å². The number of benzene rings is 1. The van der Waals surface area contributed by atoms with Crippen molar-refractivity contribution in [2.75, 3.05) is 19.7 Å². The van der Waals surface area contributed by atoms with Gasteiger partial charge in [-0.1, -0.05) is 12.1 Å². The summed E-state index contributed by atoms with van der Waals surface area (Å²) in [5.74, 6) is 2.45. The van der Waals surface area contributed by atoms with E-state index < -0.39 is 0 Å². The minimum absolute atomic E-state index is 0.190. The Morgan fingerprint density at radius 1 is 1.25 bits per heavy atom. The molecule has 0 bridgehead atoms. The number of nitrogens with zero attached hydrogens (tertiary/aromatic N) is 4. The van der Waals surface area contributed by atoms with E-state index in [1.54, 1.807) is 6.33 Å². The number of ether oxygens (including phenoxy) is 1. The number of aromatic nitrogens is 3. The Balaban J connectivity index is 1.52. The summed E-state index contributed by atoms with van der Waals surface area (Å²) < 4.78 is 7.40. The lowest BCUT2D eigenvalue weighted by Crippen LogP contribution is -2.39. The molecule has 1 fully saturated rings. The van der Waals surface area contributed by atoms with Crippen LogP contribution in [-0.2, 0) is 18.3 Å². The van der Waals surface area contributed by atoms with Crippen LogP contribution < -0.4 is 4.74 Å². The van der Waals surface area contributed by atoms with Gasteiger partial charge in [-0.25, -0.2) is 0 Å². The summed E-state index contributed by atoms with van der Waals surface area (Å²) in [5, 5.41) is 8.15. The summed E-state index contributed by atoms with van der Waals surface area (Å²) in [6, 6.07) is 7.78.